The van der Waals surface area contributed by atoms with Gasteiger partial charge in [0.05, 0.1) is 0 Å². The molecular weight excluding hydrogens is 246 g/mol. The van der Waals surface area contributed by atoms with Crippen LogP contribution in [-0.4, -0.2) is 9.97 Å². The van der Waals surface area contributed by atoms with Crippen molar-refractivity contribution in [2.45, 2.75) is 64.7 Å². The van der Waals surface area contributed by atoms with Crippen molar-refractivity contribution in [2.75, 3.05) is 0 Å². The molecule has 0 radical (unpaired) electrons. The van der Waals surface area contributed by atoms with Crippen LogP contribution in [0.3, 0.4) is 0 Å². The lowest BCUT2D eigenvalue weighted by Gasteiger charge is -2.29. The summed E-state index contributed by atoms with van der Waals surface area (Å²) in [5.74, 6) is 2.66. The third-order valence-electron chi connectivity index (χ3n) is 4.85. The number of aromatic nitrogens is 2. The molecule has 1 heterocycles. The number of rotatable bonds is 5. The zero-order valence-corrected chi connectivity index (χ0v) is 12.7. The van der Waals surface area contributed by atoms with Crippen molar-refractivity contribution < 1.29 is 0 Å². The molecule has 0 aromatic carbocycles. The highest BCUT2D eigenvalue weighted by Gasteiger charge is 2.23. The Morgan fingerprint density at radius 2 is 1.90 bits per heavy atom. The van der Waals surface area contributed by atoms with Gasteiger partial charge in [-0.05, 0) is 49.0 Å². The Morgan fingerprint density at radius 3 is 2.45 bits per heavy atom. The van der Waals surface area contributed by atoms with E-state index in [0.717, 1.165) is 11.8 Å². The smallest absolute Gasteiger partial charge is 0.227 e. The molecule has 0 aliphatic heterocycles. The van der Waals surface area contributed by atoms with Gasteiger partial charge in [0, 0.05) is 12.4 Å². The van der Waals surface area contributed by atoms with Gasteiger partial charge in [-0.3, -0.25) is 0 Å². The van der Waals surface area contributed by atoms with Crippen LogP contribution in [0.1, 0.15) is 76.1 Å². The van der Waals surface area contributed by atoms with Crippen molar-refractivity contribution in [3.8, 4) is 6.07 Å². The molecule has 0 spiro atoms. The highest BCUT2D eigenvalue weighted by molar-refractivity contribution is 5.17. The second-order valence-corrected chi connectivity index (χ2v) is 6.26. The zero-order valence-electron chi connectivity index (χ0n) is 12.7. The van der Waals surface area contributed by atoms with Crippen LogP contribution in [0.4, 0.5) is 0 Å². The molecule has 0 bridgehead atoms. The summed E-state index contributed by atoms with van der Waals surface area (Å²) in [4.78, 5) is 8.18. The van der Waals surface area contributed by atoms with Crippen molar-refractivity contribution in [1.29, 1.82) is 5.26 Å². The average Bonchev–Trinajstić information content (AvgIpc) is 2.53. The fourth-order valence-corrected chi connectivity index (χ4v) is 3.12. The number of nitriles is 1. The third-order valence-corrected chi connectivity index (χ3v) is 4.85. The molecule has 2 rings (SSSR count). The van der Waals surface area contributed by atoms with E-state index in [-0.39, 0.29) is 5.82 Å². The Labute approximate surface area is 122 Å². The van der Waals surface area contributed by atoms with Crippen LogP contribution in [0, 0.1) is 23.2 Å². The quantitative estimate of drug-likeness (QED) is 0.795. The molecule has 3 heteroatoms. The van der Waals surface area contributed by atoms with E-state index in [4.69, 9.17) is 5.26 Å². The molecule has 20 heavy (non-hydrogen) atoms. The Balaban J connectivity index is 1.80. The van der Waals surface area contributed by atoms with Crippen molar-refractivity contribution in [3.63, 3.8) is 0 Å². The predicted octanol–water partition coefficient (Wildman–Crippen LogP) is 4.45. The van der Waals surface area contributed by atoms with Crippen molar-refractivity contribution in [1.82, 2.24) is 9.97 Å². The summed E-state index contributed by atoms with van der Waals surface area (Å²) in [7, 11) is 0. The Bertz CT molecular complexity index is 438. The van der Waals surface area contributed by atoms with E-state index in [1.807, 2.05) is 18.5 Å². The van der Waals surface area contributed by atoms with Gasteiger partial charge in [-0.1, -0.05) is 33.1 Å². The van der Waals surface area contributed by atoms with Crippen LogP contribution in [0.15, 0.2) is 12.4 Å². The fourth-order valence-electron chi connectivity index (χ4n) is 3.12. The molecule has 1 aromatic heterocycles. The lowest BCUT2D eigenvalue weighted by molar-refractivity contribution is 0.288. The molecule has 1 fully saturated rings. The van der Waals surface area contributed by atoms with Crippen molar-refractivity contribution in [3.05, 3.63) is 23.8 Å². The molecule has 1 aliphatic rings. The normalized spacial score (nSPS) is 24.1. The lowest BCUT2D eigenvalue weighted by atomic mass is 9.77. The highest BCUT2D eigenvalue weighted by atomic mass is 14.9. The van der Waals surface area contributed by atoms with Gasteiger partial charge in [-0.2, -0.15) is 5.26 Å². The van der Waals surface area contributed by atoms with Gasteiger partial charge in [0.1, 0.15) is 6.07 Å². The first-order valence-electron chi connectivity index (χ1n) is 7.95. The van der Waals surface area contributed by atoms with Crippen LogP contribution in [0.25, 0.3) is 0 Å². The summed E-state index contributed by atoms with van der Waals surface area (Å²) < 4.78 is 0. The number of nitrogens with zero attached hydrogens (tertiary/aromatic N) is 3. The van der Waals surface area contributed by atoms with Crippen LogP contribution < -0.4 is 0 Å². The Kier molecular flexibility index (Phi) is 5.52. The fraction of sp³-hybridized carbons (Fsp3) is 0.706. The van der Waals surface area contributed by atoms with E-state index < -0.39 is 0 Å². The second kappa shape index (κ2) is 7.38. The van der Waals surface area contributed by atoms with Crippen molar-refractivity contribution >= 4 is 0 Å². The molecule has 1 unspecified atom stereocenters. The minimum Gasteiger partial charge on any atom is -0.227 e. The molecule has 1 aromatic rings. The SMILES string of the molecule is CCC(C)CCC1CCC(c2cnc(C#N)nc2)CC1. The van der Waals surface area contributed by atoms with Crippen LogP contribution in [-0.2, 0) is 0 Å². The molecule has 1 atom stereocenters. The van der Waals surface area contributed by atoms with Gasteiger partial charge in [0.15, 0.2) is 0 Å². The Morgan fingerprint density at radius 1 is 1.25 bits per heavy atom. The average molecular weight is 271 g/mol. The van der Waals surface area contributed by atoms with E-state index in [0.29, 0.717) is 5.92 Å². The first-order chi connectivity index (χ1) is 9.72. The minimum atomic E-state index is 0.274. The first-order valence-corrected chi connectivity index (χ1v) is 7.95. The summed E-state index contributed by atoms with van der Waals surface area (Å²) in [5.41, 5.74) is 1.21. The summed E-state index contributed by atoms with van der Waals surface area (Å²) >= 11 is 0. The van der Waals surface area contributed by atoms with Crippen LogP contribution in [0.2, 0.25) is 0 Å². The molecule has 1 aliphatic carbocycles. The maximum atomic E-state index is 8.72. The molecular formula is C17H25N3. The van der Waals surface area contributed by atoms with Crippen LogP contribution in [0.5, 0.6) is 0 Å². The van der Waals surface area contributed by atoms with Crippen LogP contribution >= 0.6 is 0 Å². The Hall–Kier alpha value is -1.43. The van der Waals surface area contributed by atoms with E-state index in [2.05, 4.69) is 23.8 Å². The van der Waals surface area contributed by atoms with Gasteiger partial charge in [-0.25, -0.2) is 9.97 Å². The zero-order chi connectivity index (χ0) is 14.4. The summed E-state index contributed by atoms with van der Waals surface area (Å²) in [6.45, 7) is 4.65. The van der Waals surface area contributed by atoms with E-state index in [1.54, 1.807) is 0 Å². The predicted molar refractivity (Wildman–Crippen MR) is 80.1 cm³/mol. The molecule has 0 N–H and O–H groups in total. The van der Waals surface area contributed by atoms with Gasteiger partial charge in [0.25, 0.3) is 0 Å². The first kappa shape index (κ1) is 15.0. The monoisotopic (exact) mass is 271 g/mol. The number of hydrogen-bond donors (Lipinski definition) is 0. The summed E-state index contributed by atoms with van der Waals surface area (Å²) in [6, 6.07) is 1.97. The van der Waals surface area contributed by atoms with Crippen molar-refractivity contribution in [2.24, 2.45) is 11.8 Å². The molecule has 0 saturated heterocycles. The van der Waals surface area contributed by atoms with Gasteiger partial charge < -0.3 is 0 Å². The third kappa shape index (κ3) is 4.03. The molecule has 3 nitrogen and oxygen atoms in total. The standard InChI is InChI=1S/C17H25N3/c1-3-13(2)4-5-14-6-8-15(9-7-14)16-11-19-17(10-18)20-12-16/h11-15H,3-9H2,1-2H3. The van der Waals surface area contributed by atoms with E-state index >= 15 is 0 Å². The second-order valence-electron chi connectivity index (χ2n) is 6.26. The maximum Gasteiger partial charge on any atom is 0.232 e. The number of hydrogen-bond acceptors (Lipinski definition) is 3. The van der Waals surface area contributed by atoms with Gasteiger partial charge in [-0.15, -0.1) is 0 Å². The maximum absolute atomic E-state index is 8.72. The minimum absolute atomic E-state index is 0.274. The van der Waals surface area contributed by atoms with E-state index in [1.165, 1.54) is 50.5 Å². The molecule has 1 saturated carbocycles. The lowest BCUT2D eigenvalue weighted by Crippen LogP contribution is -2.14. The van der Waals surface area contributed by atoms with Gasteiger partial charge in [0.2, 0.25) is 5.82 Å². The summed E-state index contributed by atoms with van der Waals surface area (Å²) in [6.07, 6.45) is 12.9. The largest absolute Gasteiger partial charge is 0.232 e. The van der Waals surface area contributed by atoms with E-state index in [9.17, 15) is 0 Å². The summed E-state index contributed by atoms with van der Waals surface area (Å²) in [5, 5.41) is 8.72. The molecule has 0 amide bonds. The topological polar surface area (TPSA) is 49.6 Å². The highest BCUT2D eigenvalue weighted by Crippen LogP contribution is 2.37. The van der Waals surface area contributed by atoms with Gasteiger partial charge >= 0.3 is 0 Å². The molecule has 108 valence electrons.